The second-order valence-corrected chi connectivity index (χ2v) is 4.72. The number of ether oxygens (including phenoxy) is 2. The zero-order chi connectivity index (χ0) is 15.1. The second-order valence-electron chi connectivity index (χ2n) is 4.72. The summed E-state index contributed by atoms with van der Waals surface area (Å²) >= 11 is 0. The molecule has 0 aliphatic carbocycles. The number of methoxy groups -OCH3 is 1. The SMILES string of the molecule is CCOC(=O)CCC(=O)Cc1ccc(C)c(C)c1OC. The first-order chi connectivity index (χ1) is 9.49. The molecule has 0 atom stereocenters. The molecule has 1 aromatic rings. The lowest BCUT2D eigenvalue weighted by atomic mass is 9.99. The van der Waals surface area contributed by atoms with Crippen LogP contribution in [0.2, 0.25) is 0 Å². The Labute approximate surface area is 120 Å². The van der Waals surface area contributed by atoms with Crippen LogP contribution in [0.1, 0.15) is 36.5 Å². The van der Waals surface area contributed by atoms with Gasteiger partial charge < -0.3 is 9.47 Å². The monoisotopic (exact) mass is 278 g/mol. The number of aryl methyl sites for hydroxylation is 1. The Bertz CT molecular complexity index is 491. The molecule has 0 bridgehead atoms. The zero-order valence-electron chi connectivity index (χ0n) is 12.6. The Kier molecular flexibility index (Phi) is 6.22. The van der Waals surface area contributed by atoms with Crippen LogP contribution in [0.3, 0.4) is 0 Å². The Balaban J connectivity index is 2.67. The molecule has 0 unspecified atom stereocenters. The van der Waals surface area contributed by atoms with E-state index in [-0.39, 0.29) is 31.0 Å². The topological polar surface area (TPSA) is 52.6 Å². The van der Waals surface area contributed by atoms with Crippen molar-refractivity contribution in [2.75, 3.05) is 13.7 Å². The molecule has 20 heavy (non-hydrogen) atoms. The standard InChI is InChI=1S/C16H22O4/c1-5-20-15(18)9-8-14(17)10-13-7-6-11(2)12(3)16(13)19-4/h6-7H,5,8-10H2,1-4H3. The van der Waals surface area contributed by atoms with Crippen molar-refractivity contribution >= 4 is 11.8 Å². The Morgan fingerprint density at radius 1 is 1.15 bits per heavy atom. The summed E-state index contributed by atoms with van der Waals surface area (Å²) in [5, 5.41) is 0. The van der Waals surface area contributed by atoms with Gasteiger partial charge in [0.1, 0.15) is 11.5 Å². The van der Waals surface area contributed by atoms with E-state index in [2.05, 4.69) is 0 Å². The molecule has 0 heterocycles. The van der Waals surface area contributed by atoms with Crippen molar-refractivity contribution in [1.82, 2.24) is 0 Å². The van der Waals surface area contributed by atoms with E-state index in [9.17, 15) is 9.59 Å². The fraction of sp³-hybridized carbons (Fsp3) is 0.500. The first-order valence-electron chi connectivity index (χ1n) is 6.80. The summed E-state index contributed by atoms with van der Waals surface area (Å²) in [7, 11) is 1.61. The minimum Gasteiger partial charge on any atom is -0.496 e. The van der Waals surface area contributed by atoms with Crippen LogP contribution in [0.15, 0.2) is 12.1 Å². The summed E-state index contributed by atoms with van der Waals surface area (Å²) in [5.74, 6) is 0.446. The van der Waals surface area contributed by atoms with E-state index in [0.29, 0.717) is 6.61 Å². The number of Topliss-reactive ketones (excluding diaryl/α,β-unsaturated/α-hetero) is 1. The van der Waals surface area contributed by atoms with Gasteiger partial charge in [-0.15, -0.1) is 0 Å². The van der Waals surface area contributed by atoms with Crippen molar-refractivity contribution < 1.29 is 19.1 Å². The van der Waals surface area contributed by atoms with Crippen LogP contribution in [-0.2, 0) is 20.7 Å². The van der Waals surface area contributed by atoms with E-state index in [0.717, 1.165) is 22.4 Å². The largest absolute Gasteiger partial charge is 0.496 e. The lowest BCUT2D eigenvalue weighted by molar-refractivity contribution is -0.144. The third-order valence-corrected chi connectivity index (χ3v) is 3.26. The van der Waals surface area contributed by atoms with Crippen LogP contribution in [-0.4, -0.2) is 25.5 Å². The van der Waals surface area contributed by atoms with Gasteiger partial charge in [-0.2, -0.15) is 0 Å². The molecule has 4 nitrogen and oxygen atoms in total. The van der Waals surface area contributed by atoms with Crippen LogP contribution in [0, 0.1) is 13.8 Å². The summed E-state index contributed by atoms with van der Waals surface area (Å²) < 4.78 is 10.2. The molecule has 0 N–H and O–H groups in total. The summed E-state index contributed by atoms with van der Waals surface area (Å²) in [4.78, 5) is 23.1. The van der Waals surface area contributed by atoms with Gasteiger partial charge in [-0.05, 0) is 31.9 Å². The van der Waals surface area contributed by atoms with E-state index in [1.165, 1.54) is 0 Å². The Morgan fingerprint density at radius 3 is 2.45 bits per heavy atom. The van der Waals surface area contributed by atoms with E-state index in [4.69, 9.17) is 9.47 Å². The van der Waals surface area contributed by atoms with Gasteiger partial charge in [0.2, 0.25) is 0 Å². The molecule has 0 aliphatic heterocycles. The van der Waals surface area contributed by atoms with Crippen LogP contribution in [0.5, 0.6) is 5.75 Å². The number of hydrogen-bond donors (Lipinski definition) is 0. The van der Waals surface area contributed by atoms with Crippen LogP contribution >= 0.6 is 0 Å². The van der Waals surface area contributed by atoms with Gasteiger partial charge >= 0.3 is 5.97 Å². The normalized spacial score (nSPS) is 10.2. The van der Waals surface area contributed by atoms with Gasteiger partial charge in [0, 0.05) is 18.4 Å². The first kappa shape index (κ1) is 16.2. The number of ketones is 1. The van der Waals surface area contributed by atoms with E-state index < -0.39 is 0 Å². The van der Waals surface area contributed by atoms with Gasteiger partial charge in [-0.3, -0.25) is 9.59 Å². The van der Waals surface area contributed by atoms with Crippen molar-refractivity contribution in [3.63, 3.8) is 0 Å². The molecule has 1 rings (SSSR count). The van der Waals surface area contributed by atoms with Gasteiger partial charge in [0.25, 0.3) is 0 Å². The predicted octanol–water partition coefficient (Wildman–Crippen LogP) is 2.77. The van der Waals surface area contributed by atoms with E-state index >= 15 is 0 Å². The molecule has 0 fully saturated rings. The maximum atomic E-state index is 11.9. The molecular formula is C16H22O4. The molecule has 110 valence electrons. The first-order valence-corrected chi connectivity index (χ1v) is 6.80. The summed E-state index contributed by atoms with van der Waals surface area (Å²) in [5.41, 5.74) is 3.04. The van der Waals surface area contributed by atoms with E-state index in [1.807, 2.05) is 26.0 Å². The average Bonchev–Trinajstić information content (AvgIpc) is 2.41. The minimum atomic E-state index is -0.326. The maximum absolute atomic E-state index is 11.9. The second kappa shape index (κ2) is 7.68. The molecule has 0 saturated carbocycles. The van der Waals surface area contributed by atoms with Gasteiger partial charge in [0.15, 0.2) is 0 Å². The van der Waals surface area contributed by atoms with Crippen molar-refractivity contribution in [2.45, 2.75) is 40.0 Å². The average molecular weight is 278 g/mol. The van der Waals surface area contributed by atoms with Crippen molar-refractivity contribution in [3.8, 4) is 5.75 Å². The molecule has 0 saturated heterocycles. The minimum absolute atomic E-state index is 0.0135. The molecule has 0 aliphatic rings. The van der Waals surface area contributed by atoms with Crippen molar-refractivity contribution in [3.05, 3.63) is 28.8 Å². The highest BCUT2D eigenvalue weighted by Gasteiger charge is 2.13. The summed E-state index contributed by atoms with van der Waals surface area (Å²) in [6.07, 6.45) is 0.623. The molecule has 0 amide bonds. The summed E-state index contributed by atoms with van der Waals surface area (Å²) in [6, 6.07) is 3.88. The number of rotatable bonds is 7. The molecule has 0 aromatic heterocycles. The molecule has 4 heteroatoms. The number of hydrogen-bond acceptors (Lipinski definition) is 4. The van der Waals surface area contributed by atoms with Crippen molar-refractivity contribution in [1.29, 1.82) is 0 Å². The molecule has 1 aromatic carbocycles. The van der Waals surface area contributed by atoms with Gasteiger partial charge in [-0.1, -0.05) is 12.1 Å². The Morgan fingerprint density at radius 2 is 1.85 bits per heavy atom. The quantitative estimate of drug-likeness (QED) is 0.720. The van der Waals surface area contributed by atoms with Gasteiger partial charge in [0.05, 0.1) is 20.1 Å². The zero-order valence-corrected chi connectivity index (χ0v) is 12.6. The maximum Gasteiger partial charge on any atom is 0.306 e. The van der Waals surface area contributed by atoms with Crippen LogP contribution in [0.25, 0.3) is 0 Å². The number of benzene rings is 1. The third kappa shape index (κ3) is 4.37. The van der Waals surface area contributed by atoms with Crippen molar-refractivity contribution in [2.24, 2.45) is 0 Å². The van der Waals surface area contributed by atoms with Crippen LogP contribution < -0.4 is 4.74 Å². The third-order valence-electron chi connectivity index (χ3n) is 3.26. The van der Waals surface area contributed by atoms with Gasteiger partial charge in [-0.25, -0.2) is 0 Å². The number of carbonyl (C=O) groups is 2. The fourth-order valence-corrected chi connectivity index (χ4v) is 2.05. The summed E-state index contributed by atoms with van der Waals surface area (Å²) in [6.45, 7) is 6.07. The molecular weight excluding hydrogens is 256 g/mol. The predicted molar refractivity (Wildman–Crippen MR) is 77.0 cm³/mol. The number of esters is 1. The molecule has 0 spiro atoms. The highest BCUT2D eigenvalue weighted by atomic mass is 16.5. The van der Waals surface area contributed by atoms with E-state index in [1.54, 1.807) is 14.0 Å². The van der Waals surface area contributed by atoms with Crippen LogP contribution in [0.4, 0.5) is 0 Å². The lowest BCUT2D eigenvalue weighted by Crippen LogP contribution is -2.10. The Hall–Kier alpha value is -1.84. The fourth-order valence-electron chi connectivity index (χ4n) is 2.05. The highest BCUT2D eigenvalue weighted by Crippen LogP contribution is 2.26. The molecule has 0 radical (unpaired) electrons. The smallest absolute Gasteiger partial charge is 0.306 e. The highest BCUT2D eigenvalue weighted by molar-refractivity contribution is 5.85. The number of carbonyl (C=O) groups excluding carboxylic acids is 2. The lowest BCUT2D eigenvalue weighted by Gasteiger charge is -2.13.